The van der Waals surface area contributed by atoms with E-state index in [-0.39, 0.29) is 44.4 Å². The Morgan fingerprint density at radius 3 is 1.75 bits per heavy atom. The lowest BCUT2D eigenvalue weighted by Crippen LogP contribution is -2.41. The third-order valence-corrected chi connectivity index (χ3v) is 3.91. The molecule has 0 saturated carbocycles. The highest BCUT2D eigenvalue weighted by atomic mass is 19.1. The number of hydrogen-bond acceptors (Lipinski definition) is 8. The zero-order valence-electron chi connectivity index (χ0n) is 19.3. The molecule has 0 aromatic rings. The molecule has 188 valence electrons. The topological polar surface area (TPSA) is 121 Å². The number of carbonyl (C=O) groups is 3. The van der Waals surface area contributed by atoms with E-state index in [1.807, 2.05) is 6.92 Å². The number of amides is 2. The van der Waals surface area contributed by atoms with Gasteiger partial charge in [0.25, 0.3) is 5.91 Å². The van der Waals surface area contributed by atoms with E-state index in [0.717, 1.165) is 6.42 Å². The summed E-state index contributed by atoms with van der Waals surface area (Å²) in [4.78, 5) is 33.7. The van der Waals surface area contributed by atoms with Gasteiger partial charge in [0.15, 0.2) is 12.0 Å². The van der Waals surface area contributed by atoms with Crippen molar-refractivity contribution in [3.8, 4) is 0 Å². The summed E-state index contributed by atoms with van der Waals surface area (Å²) < 4.78 is 40.0. The van der Waals surface area contributed by atoms with E-state index in [4.69, 9.17) is 23.7 Å². The van der Waals surface area contributed by atoms with E-state index in [9.17, 15) is 18.8 Å². The van der Waals surface area contributed by atoms with Crippen LogP contribution in [-0.2, 0) is 38.1 Å². The number of alkyl halides is 1. The second-order valence-electron chi connectivity index (χ2n) is 6.71. The second-order valence-corrected chi connectivity index (χ2v) is 6.71. The minimum absolute atomic E-state index is 0.105. The van der Waals surface area contributed by atoms with Gasteiger partial charge in [0.1, 0.15) is 6.61 Å². The van der Waals surface area contributed by atoms with Gasteiger partial charge < -0.3 is 34.3 Å². The summed E-state index contributed by atoms with van der Waals surface area (Å²) in [5.41, 5.74) is 0. The normalized spacial score (nSPS) is 11.8. The van der Waals surface area contributed by atoms with Gasteiger partial charge in [-0.25, -0.2) is 4.39 Å². The summed E-state index contributed by atoms with van der Waals surface area (Å²) in [6, 6.07) is 0. The predicted molar refractivity (Wildman–Crippen MR) is 115 cm³/mol. The van der Waals surface area contributed by atoms with E-state index in [2.05, 4.69) is 10.6 Å². The number of ketones is 1. The van der Waals surface area contributed by atoms with Crippen molar-refractivity contribution in [1.29, 1.82) is 0 Å². The number of rotatable bonds is 23. The van der Waals surface area contributed by atoms with Crippen LogP contribution in [0.1, 0.15) is 33.1 Å². The molecule has 11 heteroatoms. The van der Waals surface area contributed by atoms with Gasteiger partial charge in [-0.05, 0) is 6.42 Å². The van der Waals surface area contributed by atoms with Gasteiger partial charge >= 0.3 is 0 Å². The molecule has 2 amide bonds. The van der Waals surface area contributed by atoms with Crippen LogP contribution in [0.4, 0.5) is 4.39 Å². The van der Waals surface area contributed by atoms with Gasteiger partial charge in [-0.3, -0.25) is 14.4 Å². The molecular formula is C21H39FN2O8. The van der Waals surface area contributed by atoms with Gasteiger partial charge in [0, 0.05) is 19.4 Å². The van der Waals surface area contributed by atoms with Crippen LogP contribution in [0.5, 0.6) is 0 Å². The molecule has 32 heavy (non-hydrogen) atoms. The van der Waals surface area contributed by atoms with Crippen molar-refractivity contribution in [3.63, 3.8) is 0 Å². The van der Waals surface area contributed by atoms with Crippen molar-refractivity contribution in [2.45, 2.75) is 39.3 Å². The smallest absolute Gasteiger partial charge is 0.256 e. The van der Waals surface area contributed by atoms with E-state index in [1.165, 1.54) is 0 Å². The molecule has 10 nitrogen and oxygen atoms in total. The maximum atomic E-state index is 13.5. The minimum Gasteiger partial charge on any atom is -0.377 e. The quantitative estimate of drug-likeness (QED) is 0.208. The maximum Gasteiger partial charge on any atom is 0.256 e. The molecule has 0 aliphatic heterocycles. The van der Waals surface area contributed by atoms with Crippen molar-refractivity contribution >= 4 is 17.6 Å². The minimum atomic E-state index is -1.78. The van der Waals surface area contributed by atoms with E-state index < -0.39 is 12.1 Å². The molecule has 0 aliphatic carbocycles. The summed E-state index contributed by atoms with van der Waals surface area (Å²) in [6.07, 6.45) is -0.166. The summed E-state index contributed by atoms with van der Waals surface area (Å²) >= 11 is 0. The van der Waals surface area contributed by atoms with Crippen LogP contribution in [0.2, 0.25) is 0 Å². The average Bonchev–Trinajstić information content (AvgIpc) is 2.79. The van der Waals surface area contributed by atoms with Crippen LogP contribution in [0.3, 0.4) is 0 Å². The first-order chi connectivity index (χ1) is 15.5. The third-order valence-electron chi connectivity index (χ3n) is 3.91. The van der Waals surface area contributed by atoms with Crippen molar-refractivity contribution < 1.29 is 42.5 Å². The van der Waals surface area contributed by atoms with Crippen LogP contribution < -0.4 is 10.6 Å². The molecule has 0 rings (SSSR count). The Morgan fingerprint density at radius 2 is 1.25 bits per heavy atom. The van der Waals surface area contributed by atoms with E-state index >= 15 is 0 Å². The number of ether oxygens (including phenoxy) is 5. The fraction of sp³-hybridized carbons (Fsp3) is 0.857. The summed E-state index contributed by atoms with van der Waals surface area (Å²) in [5.74, 6) is -0.980. The SMILES string of the molecule is CCCC(=O)COCCOCCOCCOCCOCCNC(=O)C(F)CNC(=O)CC. The highest BCUT2D eigenvalue weighted by molar-refractivity contribution is 5.82. The molecule has 2 N–H and O–H groups in total. The first-order valence-corrected chi connectivity index (χ1v) is 11.1. The summed E-state index contributed by atoms with van der Waals surface area (Å²) in [7, 11) is 0. The fourth-order valence-electron chi connectivity index (χ4n) is 2.19. The molecule has 0 radical (unpaired) electrons. The van der Waals surface area contributed by atoms with Crippen LogP contribution in [-0.4, -0.2) is 103 Å². The highest BCUT2D eigenvalue weighted by Crippen LogP contribution is 1.91. The number of nitrogens with one attached hydrogen (secondary N) is 2. The van der Waals surface area contributed by atoms with Crippen LogP contribution >= 0.6 is 0 Å². The van der Waals surface area contributed by atoms with Gasteiger partial charge in [-0.2, -0.15) is 0 Å². The van der Waals surface area contributed by atoms with Gasteiger partial charge in [0.05, 0.1) is 66.0 Å². The molecule has 0 aromatic carbocycles. The molecular weight excluding hydrogens is 427 g/mol. The number of hydrogen-bond donors (Lipinski definition) is 2. The van der Waals surface area contributed by atoms with Crippen molar-refractivity contribution in [2.24, 2.45) is 0 Å². The Bertz CT molecular complexity index is 496. The molecule has 0 fully saturated rings. The Labute approximate surface area is 189 Å². The fourth-order valence-corrected chi connectivity index (χ4v) is 2.19. The first-order valence-electron chi connectivity index (χ1n) is 11.1. The maximum absolute atomic E-state index is 13.5. The standard InChI is InChI=1S/C21H39FN2O8/c1-3-5-18(25)17-32-15-14-31-13-12-30-11-10-29-9-8-28-7-6-23-21(27)19(22)16-24-20(26)4-2/h19H,3-17H2,1-2H3,(H,23,27)(H,24,26). The van der Waals surface area contributed by atoms with Crippen molar-refractivity contribution in [2.75, 3.05) is 79.2 Å². The molecule has 0 saturated heterocycles. The molecule has 0 aliphatic rings. The van der Waals surface area contributed by atoms with Crippen molar-refractivity contribution in [3.05, 3.63) is 0 Å². The monoisotopic (exact) mass is 466 g/mol. The molecule has 0 heterocycles. The van der Waals surface area contributed by atoms with Gasteiger partial charge in [-0.1, -0.05) is 13.8 Å². The highest BCUT2D eigenvalue weighted by Gasteiger charge is 2.17. The zero-order chi connectivity index (χ0) is 23.9. The predicted octanol–water partition coefficient (Wildman–Crippen LogP) is 0.419. The third kappa shape index (κ3) is 20.3. The second kappa shape index (κ2) is 22.5. The molecule has 1 atom stereocenters. The Kier molecular flexibility index (Phi) is 21.4. The first kappa shape index (κ1) is 30.3. The number of carbonyl (C=O) groups excluding carboxylic acids is 3. The van der Waals surface area contributed by atoms with E-state index in [1.54, 1.807) is 6.92 Å². The molecule has 0 spiro atoms. The lowest BCUT2D eigenvalue weighted by Gasteiger charge is -2.11. The zero-order valence-corrected chi connectivity index (χ0v) is 19.3. The van der Waals surface area contributed by atoms with Gasteiger partial charge in [0.2, 0.25) is 5.91 Å². The van der Waals surface area contributed by atoms with Crippen LogP contribution in [0.25, 0.3) is 0 Å². The average molecular weight is 467 g/mol. The Balaban J connectivity index is 3.27. The number of Topliss-reactive ketones (excluding diaryl/α,β-unsaturated/α-hetero) is 1. The van der Waals surface area contributed by atoms with Crippen LogP contribution in [0, 0.1) is 0 Å². The molecule has 0 aromatic heterocycles. The summed E-state index contributed by atoms with van der Waals surface area (Å²) in [6.45, 7) is 7.02. The Morgan fingerprint density at radius 1 is 0.750 bits per heavy atom. The molecule has 0 bridgehead atoms. The lowest BCUT2D eigenvalue weighted by molar-refractivity contribution is -0.127. The lowest BCUT2D eigenvalue weighted by atomic mass is 10.2. The molecule has 1 unspecified atom stereocenters. The Hall–Kier alpha value is -1.66. The van der Waals surface area contributed by atoms with Crippen molar-refractivity contribution in [1.82, 2.24) is 10.6 Å². The summed E-state index contributed by atoms with van der Waals surface area (Å²) in [5, 5.41) is 4.72. The van der Waals surface area contributed by atoms with Crippen LogP contribution in [0.15, 0.2) is 0 Å². The largest absolute Gasteiger partial charge is 0.377 e. The number of halogens is 1. The van der Waals surface area contributed by atoms with Gasteiger partial charge in [-0.15, -0.1) is 0 Å². The van der Waals surface area contributed by atoms with E-state index in [0.29, 0.717) is 59.3 Å².